The number of carbonyl (C=O) groups excluding carboxylic acids is 1. The smallest absolute Gasteiger partial charge is 0.227 e. The Morgan fingerprint density at radius 3 is 2.56 bits per heavy atom. The molecule has 4 N–H and O–H groups in total. The molecule has 1 aliphatic rings. The van der Waals surface area contributed by atoms with Gasteiger partial charge >= 0.3 is 0 Å². The molecular formula is C12H24N2O2. The van der Waals surface area contributed by atoms with Crippen molar-refractivity contribution in [1.82, 2.24) is 5.32 Å². The molecule has 1 fully saturated rings. The van der Waals surface area contributed by atoms with Gasteiger partial charge in [-0.15, -0.1) is 0 Å². The monoisotopic (exact) mass is 228 g/mol. The van der Waals surface area contributed by atoms with Crippen LogP contribution in [0.1, 0.15) is 39.5 Å². The molecule has 0 heterocycles. The van der Waals surface area contributed by atoms with Gasteiger partial charge in [0.25, 0.3) is 0 Å². The average Bonchev–Trinajstić information content (AvgIpc) is 3.04. The van der Waals surface area contributed by atoms with Crippen molar-refractivity contribution in [1.29, 1.82) is 0 Å². The lowest BCUT2D eigenvalue weighted by atomic mass is 9.87. The van der Waals surface area contributed by atoms with E-state index in [1.54, 1.807) is 0 Å². The van der Waals surface area contributed by atoms with Crippen LogP contribution in [0.25, 0.3) is 0 Å². The van der Waals surface area contributed by atoms with Crippen molar-refractivity contribution >= 4 is 5.91 Å². The lowest BCUT2D eigenvalue weighted by Gasteiger charge is -2.26. The fourth-order valence-electron chi connectivity index (χ4n) is 1.83. The standard InChI is InChI=1S/C12H24N2O2/c1-11(2,4-3-7-15)9-14-10(16)12(8-13)5-6-12/h15H,3-9,13H2,1-2H3,(H,14,16). The van der Waals surface area contributed by atoms with E-state index in [-0.39, 0.29) is 23.3 Å². The number of nitrogens with one attached hydrogen (secondary N) is 1. The maximum absolute atomic E-state index is 11.8. The Labute approximate surface area is 97.6 Å². The molecule has 4 heteroatoms. The quantitative estimate of drug-likeness (QED) is 0.598. The highest BCUT2D eigenvalue weighted by Gasteiger charge is 2.48. The maximum atomic E-state index is 11.8. The number of nitrogens with two attached hydrogens (primary N) is 1. The molecule has 0 atom stereocenters. The van der Waals surface area contributed by atoms with Crippen molar-refractivity contribution < 1.29 is 9.90 Å². The Hall–Kier alpha value is -0.610. The first-order chi connectivity index (χ1) is 7.46. The summed E-state index contributed by atoms with van der Waals surface area (Å²) in [7, 11) is 0. The van der Waals surface area contributed by atoms with Crippen LogP contribution >= 0.6 is 0 Å². The van der Waals surface area contributed by atoms with Gasteiger partial charge in [0.05, 0.1) is 5.41 Å². The summed E-state index contributed by atoms with van der Waals surface area (Å²) in [6, 6.07) is 0. The summed E-state index contributed by atoms with van der Waals surface area (Å²) in [6.07, 6.45) is 3.54. The van der Waals surface area contributed by atoms with E-state index in [4.69, 9.17) is 10.8 Å². The molecule has 94 valence electrons. The van der Waals surface area contributed by atoms with Crippen LogP contribution in [0.4, 0.5) is 0 Å². The number of hydrogen-bond acceptors (Lipinski definition) is 3. The van der Waals surface area contributed by atoms with Gasteiger partial charge in [-0.05, 0) is 31.1 Å². The van der Waals surface area contributed by atoms with Crippen LogP contribution in [-0.2, 0) is 4.79 Å². The Kier molecular flexibility index (Phi) is 4.33. The predicted molar refractivity (Wildman–Crippen MR) is 63.8 cm³/mol. The molecule has 4 nitrogen and oxygen atoms in total. The van der Waals surface area contributed by atoms with E-state index in [1.165, 1.54) is 0 Å². The van der Waals surface area contributed by atoms with Crippen LogP contribution in [0.2, 0.25) is 0 Å². The van der Waals surface area contributed by atoms with Gasteiger partial charge in [0, 0.05) is 19.7 Å². The summed E-state index contributed by atoms with van der Waals surface area (Å²) in [5.41, 5.74) is 5.38. The minimum Gasteiger partial charge on any atom is -0.396 e. The Morgan fingerprint density at radius 2 is 2.12 bits per heavy atom. The van der Waals surface area contributed by atoms with Gasteiger partial charge in [-0.25, -0.2) is 0 Å². The van der Waals surface area contributed by atoms with Crippen LogP contribution in [0.5, 0.6) is 0 Å². The molecular weight excluding hydrogens is 204 g/mol. The second kappa shape index (κ2) is 5.15. The topological polar surface area (TPSA) is 75.3 Å². The SMILES string of the molecule is CC(C)(CCCO)CNC(=O)C1(CN)CC1. The van der Waals surface area contributed by atoms with Crippen molar-refractivity contribution in [3.05, 3.63) is 0 Å². The second-order valence-corrected chi connectivity index (χ2v) is 5.66. The second-order valence-electron chi connectivity index (χ2n) is 5.66. The highest BCUT2D eigenvalue weighted by Crippen LogP contribution is 2.44. The van der Waals surface area contributed by atoms with Crippen molar-refractivity contribution in [3.8, 4) is 0 Å². The molecule has 0 aromatic rings. The Bertz CT molecular complexity index is 247. The van der Waals surface area contributed by atoms with Crippen LogP contribution in [0.3, 0.4) is 0 Å². The zero-order valence-electron chi connectivity index (χ0n) is 10.4. The molecule has 1 amide bonds. The van der Waals surface area contributed by atoms with Crippen LogP contribution in [-0.4, -0.2) is 30.7 Å². The first kappa shape index (κ1) is 13.5. The lowest BCUT2D eigenvalue weighted by molar-refractivity contribution is -0.126. The predicted octanol–water partition coefficient (Wildman–Crippen LogP) is 0.640. The molecule has 1 rings (SSSR count). The molecule has 0 saturated heterocycles. The van der Waals surface area contributed by atoms with E-state index >= 15 is 0 Å². The summed E-state index contributed by atoms with van der Waals surface area (Å²) < 4.78 is 0. The van der Waals surface area contributed by atoms with Crippen molar-refractivity contribution in [3.63, 3.8) is 0 Å². The van der Waals surface area contributed by atoms with Crippen LogP contribution in [0, 0.1) is 10.8 Å². The van der Waals surface area contributed by atoms with Crippen molar-refractivity contribution in [2.24, 2.45) is 16.6 Å². The van der Waals surface area contributed by atoms with Gasteiger partial charge in [-0.3, -0.25) is 4.79 Å². The molecule has 1 aliphatic carbocycles. The van der Waals surface area contributed by atoms with E-state index in [9.17, 15) is 4.79 Å². The molecule has 0 aromatic carbocycles. The van der Waals surface area contributed by atoms with Gasteiger partial charge in [0.2, 0.25) is 5.91 Å². The fourth-order valence-corrected chi connectivity index (χ4v) is 1.83. The molecule has 0 aromatic heterocycles. The van der Waals surface area contributed by atoms with E-state index in [2.05, 4.69) is 19.2 Å². The summed E-state index contributed by atoms with van der Waals surface area (Å²) in [5, 5.41) is 11.8. The normalized spacial score (nSPS) is 18.2. The number of hydrogen-bond donors (Lipinski definition) is 3. The highest BCUT2D eigenvalue weighted by molar-refractivity contribution is 5.85. The van der Waals surface area contributed by atoms with Crippen molar-refractivity contribution in [2.45, 2.75) is 39.5 Å². The minimum atomic E-state index is -0.257. The summed E-state index contributed by atoms with van der Waals surface area (Å²) in [4.78, 5) is 11.8. The molecule has 0 bridgehead atoms. The zero-order chi connectivity index (χ0) is 12.2. The van der Waals surface area contributed by atoms with E-state index in [0.717, 1.165) is 25.7 Å². The number of aliphatic hydroxyl groups excluding tert-OH is 1. The van der Waals surface area contributed by atoms with Gasteiger partial charge < -0.3 is 16.2 Å². The van der Waals surface area contributed by atoms with Gasteiger partial charge in [0.15, 0.2) is 0 Å². The minimum absolute atomic E-state index is 0.0447. The van der Waals surface area contributed by atoms with Crippen LogP contribution in [0.15, 0.2) is 0 Å². The average molecular weight is 228 g/mol. The fraction of sp³-hybridized carbons (Fsp3) is 0.917. The molecule has 16 heavy (non-hydrogen) atoms. The first-order valence-corrected chi connectivity index (χ1v) is 6.05. The number of carbonyl (C=O) groups is 1. The van der Waals surface area contributed by atoms with Gasteiger partial charge in [0.1, 0.15) is 0 Å². The Balaban J connectivity index is 2.30. The number of amides is 1. The van der Waals surface area contributed by atoms with Gasteiger partial charge in [-0.2, -0.15) is 0 Å². The molecule has 1 saturated carbocycles. The number of aliphatic hydroxyl groups is 1. The largest absolute Gasteiger partial charge is 0.396 e. The molecule has 0 unspecified atom stereocenters. The van der Waals surface area contributed by atoms with Crippen molar-refractivity contribution in [2.75, 3.05) is 19.7 Å². The highest BCUT2D eigenvalue weighted by atomic mass is 16.2. The van der Waals surface area contributed by atoms with E-state index in [1.807, 2.05) is 0 Å². The summed E-state index contributed by atoms with van der Waals surface area (Å²) >= 11 is 0. The lowest BCUT2D eigenvalue weighted by Crippen LogP contribution is -2.41. The van der Waals surface area contributed by atoms with Crippen LogP contribution < -0.4 is 11.1 Å². The summed E-state index contributed by atoms with van der Waals surface area (Å²) in [5.74, 6) is 0.104. The third-order valence-corrected chi connectivity index (χ3v) is 3.47. The summed E-state index contributed by atoms with van der Waals surface area (Å²) in [6.45, 7) is 5.53. The van der Waals surface area contributed by atoms with Gasteiger partial charge in [-0.1, -0.05) is 13.8 Å². The Morgan fingerprint density at radius 1 is 1.50 bits per heavy atom. The molecule has 0 aliphatic heterocycles. The molecule has 0 spiro atoms. The van der Waals surface area contributed by atoms with E-state index in [0.29, 0.717) is 13.1 Å². The maximum Gasteiger partial charge on any atom is 0.227 e. The zero-order valence-corrected chi connectivity index (χ0v) is 10.4. The van der Waals surface area contributed by atoms with E-state index < -0.39 is 0 Å². The number of rotatable bonds is 7. The first-order valence-electron chi connectivity index (χ1n) is 6.05. The third-order valence-electron chi connectivity index (χ3n) is 3.47. The molecule has 0 radical (unpaired) electrons. The third kappa shape index (κ3) is 3.46.